The maximum Gasteiger partial charge on any atom is 0.239 e. The Labute approximate surface area is 228 Å². The van der Waals surface area contributed by atoms with Crippen molar-refractivity contribution in [3.8, 4) is 0 Å². The van der Waals surface area contributed by atoms with Gasteiger partial charge in [-0.15, -0.1) is 0 Å². The van der Waals surface area contributed by atoms with Crippen LogP contribution in [0.15, 0.2) is 18.2 Å². The Kier molecular flexibility index (Phi) is 10.9. The summed E-state index contributed by atoms with van der Waals surface area (Å²) in [5.41, 5.74) is -0.479. The van der Waals surface area contributed by atoms with Crippen molar-refractivity contribution in [2.75, 3.05) is 39.3 Å². The molecule has 6 nitrogen and oxygen atoms in total. The largest absolute Gasteiger partial charge is 0.372 e. The van der Waals surface area contributed by atoms with Crippen LogP contribution < -0.4 is 10.6 Å². The molecule has 0 aliphatic carbocycles. The molecule has 1 amide bonds. The second kappa shape index (κ2) is 13.3. The van der Waals surface area contributed by atoms with Crippen molar-refractivity contribution < 1.29 is 9.90 Å². The lowest BCUT2D eigenvalue weighted by Crippen LogP contribution is -2.52. The average molecular weight is 542 g/mol. The molecule has 0 spiro atoms. The first kappa shape index (κ1) is 29.7. The molecule has 3 rings (SSSR count). The summed E-state index contributed by atoms with van der Waals surface area (Å²) in [5.74, 6) is 0.221. The van der Waals surface area contributed by atoms with E-state index >= 15 is 0 Å². The minimum Gasteiger partial charge on any atom is -0.372 e. The Bertz CT molecular complexity index is 856. The third-order valence-electron chi connectivity index (χ3n) is 8.43. The standard InChI is InChI=1S/C28H46Cl2N4O2/c1-5-27(3,6-2)20-34-17-12-22(19-31-28(4,36)21-10-11-23(29)24(30)18-21)32-25(26(34)35)13-16-33-14-8-7-9-15-33/h10-11,18,22,25,31-32,36H,5-9,12-17,19-20H2,1-4H3. The zero-order chi connectivity index (χ0) is 26.3. The first-order chi connectivity index (χ1) is 17.1. The zero-order valence-electron chi connectivity index (χ0n) is 22.6. The first-order valence-electron chi connectivity index (χ1n) is 13.8. The van der Waals surface area contributed by atoms with Gasteiger partial charge in [0, 0.05) is 32.2 Å². The van der Waals surface area contributed by atoms with Gasteiger partial charge in [-0.25, -0.2) is 0 Å². The molecule has 0 radical (unpaired) electrons. The summed E-state index contributed by atoms with van der Waals surface area (Å²) in [6.07, 6.45) is 7.56. The second-order valence-corrected chi connectivity index (χ2v) is 12.1. The Balaban J connectivity index is 1.70. The van der Waals surface area contributed by atoms with Crippen LogP contribution in [0.1, 0.15) is 78.2 Å². The number of benzene rings is 1. The summed E-state index contributed by atoms with van der Waals surface area (Å²) in [7, 11) is 0. The van der Waals surface area contributed by atoms with Gasteiger partial charge in [-0.3, -0.25) is 10.1 Å². The Morgan fingerprint density at radius 3 is 2.42 bits per heavy atom. The van der Waals surface area contributed by atoms with Crippen molar-refractivity contribution in [3.05, 3.63) is 33.8 Å². The molecule has 204 valence electrons. The fraction of sp³-hybridized carbons (Fsp3) is 0.750. The fourth-order valence-electron chi connectivity index (χ4n) is 5.26. The van der Waals surface area contributed by atoms with Crippen molar-refractivity contribution in [2.45, 2.75) is 90.4 Å². The van der Waals surface area contributed by atoms with Crippen LogP contribution in [0.2, 0.25) is 10.0 Å². The van der Waals surface area contributed by atoms with E-state index in [1.807, 2.05) is 0 Å². The molecule has 0 aromatic heterocycles. The average Bonchev–Trinajstić information content (AvgIpc) is 3.02. The number of amides is 1. The van der Waals surface area contributed by atoms with Crippen LogP contribution >= 0.6 is 23.2 Å². The zero-order valence-corrected chi connectivity index (χ0v) is 24.1. The van der Waals surface area contributed by atoms with Gasteiger partial charge in [0.25, 0.3) is 0 Å². The highest BCUT2D eigenvalue weighted by Gasteiger charge is 2.35. The minimum atomic E-state index is -1.27. The van der Waals surface area contributed by atoms with Gasteiger partial charge < -0.3 is 20.2 Å². The number of rotatable bonds is 11. The smallest absolute Gasteiger partial charge is 0.239 e. The summed E-state index contributed by atoms with van der Waals surface area (Å²) in [5, 5.41) is 19.0. The molecule has 3 atom stereocenters. The third kappa shape index (κ3) is 8.05. The molecule has 36 heavy (non-hydrogen) atoms. The van der Waals surface area contributed by atoms with Gasteiger partial charge in [0.15, 0.2) is 0 Å². The SMILES string of the molecule is CCC(C)(CC)CN1CCC(CNC(C)(O)c2ccc(Cl)c(Cl)c2)NC(CCN2CCCCC2)C1=O. The third-order valence-corrected chi connectivity index (χ3v) is 9.17. The number of halogens is 2. The molecule has 2 heterocycles. The van der Waals surface area contributed by atoms with E-state index in [1.54, 1.807) is 25.1 Å². The quantitative estimate of drug-likeness (QED) is 0.344. The lowest BCUT2D eigenvalue weighted by molar-refractivity contribution is -0.134. The van der Waals surface area contributed by atoms with Gasteiger partial charge in [-0.1, -0.05) is 56.5 Å². The van der Waals surface area contributed by atoms with E-state index in [9.17, 15) is 9.90 Å². The van der Waals surface area contributed by atoms with Crippen LogP contribution in [-0.2, 0) is 10.5 Å². The van der Waals surface area contributed by atoms with Crippen LogP contribution in [0.3, 0.4) is 0 Å². The molecule has 2 aliphatic rings. The van der Waals surface area contributed by atoms with Crippen molar-refractivity contribution in [2.24, 2.45) is 5.41 Å². The summed E-state index contributed by atoms with van der Waals surface area (Å²) < 4.78 is 0. The predicted molar refractivity (Wildman–Crippen MR) is 150 cm³/mol. The number of likely N-dealkylation sites (tertiary alicyclic amines) is 1. The summed E-state index contributed by atoms with van der Waals surface area (Å²) in [6.45, 7) is 13.7. The molecule has 2 saturated heterocycles. The first-order valence-corrected chi connectivity index (χ1v) is 14.5. The number of hydrogen-bond donors (Lipinski definition) is 3. The summed E-state index contributed by atoms with van der Waals surface area (Å²) in [4.78, 5) is 18.3. The highest BCUT2D eigenvalue weighted by atomic mass is 35.5. The highest BCUT2D eigenvalue weighted by Crippen LogP contribution is 2.29. The number of nitrogens with one attached hydrogen (secondary N) is 2. The van der Waals surface area contributed by atoms with Crippen LogP contribution in [-0.4, -0.2) is 72.2 Å². The van der Waals surface area contributed by atoms with Gasteiger partial charge in [-0.2, -0.15) is 0 Å². The number of carbonyl (C=O) groups excluding carboxylic acids is 1. The molecule has 3 unspecified atom stereocenters. The van der Waals surface area contributed by atoms with Gasteiger partial charge in [0.05, 0.1) is 16.1 Å². The minimum absolute atomic E-state index is 0.0639. The number of aliphatic hydroxyl groups is 1. The van der Waals surface area contributed by atoms with E-state index in [1.165, 1.54) is 19.3 Å². The Hall–Kier alpha value is -0.890. The Morgan fingerprint density at radius 2 is 1.78 bits per heavy atom. The van der Waals surface area contributed by atoms with Crippen molar-refractivity contribution in [1.29, 1.82) is 0 Å². The lowest BCUT2D eigenvalue weighted by Gasteiger charge is -2.35. The number of nitrogens with zero attached hydrogens (tertiary/aromatic N) is 2. The van der Waals surface area contributed by atoms with Crippen molar-refractivity contribution >= 4 is 29.1 Å². The van der Waals surface area contributed by atoms with Gasteiger partial charge in [-0.05, 0) is 81.6 Å². The van der Waals surface area contributed by atoms with Crippen LogP contribution in [0.5, 0.6) is 0 Å². The van der Waals surface area contributed by atoms with Crippen LogP contribution in [0.25, 0.3) is 0 Å². The van der Waals surface area contributed by atoms with Gasteiger partial charge >= 0.3 is 0 Å². The molecule has 1 aromatic carbocycles. The Morgan fingerprint density at radius 1 is 1.08 bits per heavy atom. The number of piperidine rings is 1. The molecule has 3 N–H and O–H groups in total. The molecule has 2 aliphatic heterocycles. The predicted octanol–water partition coefficient (Wildman–Crippen LogP) is 5.01. The maximum atomic E-state index is 13.7. The molecule has 2 fully saturated rings. The molecule has 0 bridgehead atoms. The molecule has 0 saturated carbocycles. The van der Waals surface area contributed by atoms with Crippen LogP contribution in [0, 0.1) is 5.41 Å². The van der Waals surface area contributed by atoms with E-state index in [0.717, 1.165) is 58.4 Å². The van der Waals surface area contributed by atoms with E-state index in [0.29, 0.717) is 22.2 Å². The monoisotopic (exact) mass is 540 g/mol. The van der Waals surface area contributed by atoms with E-state index in [4.69, 9.17) is 23.2 Å². The fourth-order valence-corrected chi connectivity index (χ4v) is 5.56. The topological polar surface area (TPSA) is 67.8 Å². The lowest BCUT2D eigenvalue weighted by atomic mass is 9.84. The van der Waals surface area contributed by atoms with Crippen LogP contribution in [0.4, 0.5) is 0 Å². The summed E-state index contributed by atoms with van der Waals surface area (Å²) >= 11 is 12.2. The molecule has 1 aromatic rings. The van der Waals surface area contributed by atoms with E-state index in [2.05, 4.69) is 41.2 Å². The maximum absolute atomic E-state index is 13.7. The normalized spacial score (nSPS) is 24.0. The van der Waals surface area contributed by atoms with Gasteiger partial charge in [0.2, 0.25) is 5.91 Å². The summed E-state index contributed by atoms with van der Waals surface area (Å²) in [6, 6.07) is 5.03. The molecular formula is C28H46Cl2N4O2. The van der Waals surface area contributed by atoms with Crippen molar-refractivity contribution in [1.82, 2.24) is 20.4 Å². The van der Waals surface area contributed by atoms with E-state index < -0.39 is 5.72 Å². The molecular weight excluding hydrogens is 495 g/mol. The van der Waals surface area contributed by atoms with E-state index in [-0.39, 0.29) is 23.4 Å². The number of hydrogen-bond acceptors (Lipinski definition) is 5. The highest BCUT2D eigenvalue weighted by molar-refractivity contribution is 6.42. The van der Waals surface area contributed by atoms with Crippen molar-refractivity contribution in [3.63, 3.8) is 0 Å². The number of carbonyl (C=O) groups is 1. The van der Waals surface area contributed by atoms with Gasteiger partial charge in [0.1, 0.15) is 5.72 Å². The second-order valence-electron chi connectivity index (χ2n) is 11.3. The molecule has 8 heteroatoms.